The number of rotatable bonds is 8. The van der Waals surface area contributed by atoms with Crippen molar-refractivity contribution in [1.82, 2.24) is 4.90 Å². The molecule has 0 aromatic rings. The van der Waals surface area contributed by atoms with Crippen molar-refractivity contribution in [3.05, 3.63) is 0 Å². The highest BCUT2D eigenvalue weighted by Gasteiger charge is 2.31. The van der Waals surface area contributed by atoms with E-state index in [2.05, 4.69) is 13.8 Å². The maximum atomic E-state index is 12.4. The van der Waals surface area contributed by atoms with Crippen LogP contribution in [0.1, 0.15) is 58.8 Å². The van der Waals surface area contributed by atoms with Crippen LogP contribution in [0.4, 0.5) is 0 Å². The number of hydrogen-bond acceptors (Lipinski definition) is 2. The first-order chi connectivity index (χ1) is 8.24. The lowest BCUT2D eigenvalue weighted by Crippen LogP contribution is -2.48. The molecule has 0 spiro atoms. The Balaban J connectivity index is 2.53. The van der Waals surface area contributed by atoms with Crippen molar-refractivity contribution in [1.29, 1.82) is 0 Å². The third kappa shape index (κ3) is 3.98. The van der Waals surface area contributed by atoms with Gasteiger partial charge in [-0.05, 0) is 32.1 Å². The minimum Gasteiger partial charge on any atom is -0.395 e. The summed E-state index contributed by atoms with van der Waals surface area (Å²) in [6.07, 6.45) is 7.67. The van der Waals surface area contributed by atoms with Crippen LogP contribution in [-0.2, 0) is 4.79 Å². The molecule has 0 aliphatic heterocycles. The number of carbonyl (C=O) groups excluding carboxylic acids is 1. The minimum atomic E-state index is 0.0897. The lowest BCUT2D eigenvalue weighted by molar-refractivity contribution is -0.140. The second kappa shape index (κ2) is 7.70. The lowest BCUT2D eigenvalue weighted by atomic mass is 9.89. The molecule has 1 N–H and O–H groups in total. The van der Waals surface area contributed by atoms with E-state index in [0.717, 1.165) is 38.5 Å². The minimum absolute atomic E-state index is 0.0897. The number of unbranched alkanes of at least 4 members (excludes halogenated alkanes) is 1. The zero-order valence-corrected chi connectivity index (χ0v) is 11.3. The average molecular weight is 241 g/mol. The molecule has 17 heavy (non-hydrogen) atoms. The zero-order chi connectivity index (χ0) is 12.7. The van der Waals surface area contributed by atoms with Gasteiger partial charge in [-0.3, -0.25) is 4.79 Å². The Hall–Kier alpha value is -0.570. The van der Waals surface area contributed by atoms with Gasteiger partial charge in [-0.1, -0.05) is 26.7 Å². The number of amides is 1. The van der Waals surface area contributed by atoms with Gasteiger partial charge >= 0.3 is 0 Å². The third-order valence-corrected chi connectivity index (χ3v) is 3.89. The molecule has 1 unspecified atom stereocenters. The Morgan fingerprint density at radius 3 is 2.53 bits per heavy atom. The Morgan fingerprint density at radius 1 is 1.41 bits per heavy atom. The summed E-state index contributed by atoms with van der Waals surface area (Å²) < 4.78 is 0. The van der Waals surface area contributed by atoms with Crippen molar-refractivity contribution in [2.75, 3.05) is 13.2 Å². The Labute approximate surface area is 105 Å². The van der Waals surface area contributed by atoms with Crippen molar-refractivity contribution >= 4 is 5.91 Å². The van der Waals surface area contributed by atoms with E-state index in [1.807, 2.05) is 4.90 Å². The number of aliphatic hydroxyl groups excluding tert-OH is 1. The first-order valence-electron chi connectivity index (χ1n) is 7.15. The summed E-state index contributed by atoms with van der Waals surface area (Å²) in [5.74, 6) is 0.446. The van der Waals surface area contributed by atoms with Crippen LogP contribution in [0.5, 0.6) is 0 Å². The number of hydrogen-bond donors (Lipinski definition) is 1. The van der Waals surface area contributed by atoms with Gasteiger partial charge in [-0.25, -0.2) is 0 Å². The van der Waals surface area contributed by atoms with Gasteiger partial charge in [0.1, 0.15) is 0 Å². The maximum Gasteiger partial charge on any atom is 0.225 e. The van der Waals surface area contributed by atoms with E-state index in [-0.39, 0.29) is 18.4 Å². The molecule has 0 bridgehead atoms. The van der Waals surface area contributed by atoms with Gasteiger partial charge in [-0.2, -0.15) is 0 Å². The third-order valence-electron chi connectivity index (χ3n) is 3.89. The van der Waals surface area contributed by atoms with Crippen LogP contribution in [0.25, 0.3) is 0 Å². The molecule has 0 radical (unpaired) electrons. The van der Waals surface area contributed by atoms with Crippen LogP contribution in [0.2, 0.25) is 0 Å². The summed E-state index contributed by atoms with van der Waals surface area (Å²) in [5, 5.41) is 9.09. The summed E-state index contributed by atoms with van der Waals surface area (Å²) in [6.45, 7) is 4.86. The van der Waals surface area contributed by atoms with E-state index in [4.69, 9.17) is 5.11 Å². The van der Waals surface area contributed by atoms with Crippen LogP contribution in [0.15, 0.2) is 0 Å². The molecule has 0 heterocycles. The summed E-state index contributed by atoms with van der Waals surface area (Å²) >= 11 is 0. The first-order valence-corrected chi connectivity index (χ1v) is 7.15. The standard InChI is InChI=1S/C14H27NO2/c1-3-5-7-12(4-2)14(17)15(10-11-16)13-8-6-9-13/h12-13,16H,3-11H2,1-2H3. The van der Waals surface area contributed by atoms with Crippen molar-refractivity contribution in [2.45, 2.75) is 64.8 Å². The number of aliphatic hydroxyl groups is 1. The summed E-state index contributed by atoms with van der Waals surface area (Å²) in [6, 6.07) is 0.408. The van der Waals surface area contributed by atoms with Crippen LogP contribution in [0, 0.1) is 5.92 Å². The van der Waals surface area contributed by atoms with Gasteiger partial charge in [0.05, 0.1) is 6.61 Å². The van der Waals surface area contributed by atoms with E-state index >= 15 is 0 Å². The lowest BCUT2D eigenvalue weighted by Gasteiger charge is -2.39. The Bertz CT molecular complexity index is 226. The molecular weight excluding hydrogens is 214 g/mol. The molecule has 1 atom stereocenters. The number of carbonyl (C=O) groups is 1. The topological polar surface area (TPSA) is 40.5 Å². The first kappa shape index (κ1) is 14.5. The molecule has 1 saturated carbocycles. The molecule has 0 aromatic carbocycles. The highest BCUT2D eigenvalue weighted by atomic mass is 16.3. The molecule has 1 aliphatic carbocycles. The second-order valence-electron chi connectivity index (χ2n) is 5.09. The van der Waals surface area contributed by atoms with Crippen molar-refractivity contribution in [3.63, 3.8) is 0 Å². The van der Waals surface area contributed by atoms with Gasteiger partial charge in [0, 0.05) is 18.5 Å². The molecule has 100 valence electrons. The molecule has 3 heteroatoms. The van der Waals surface area contributed by atoms with E-state index in [1.54, 1.807) is 0 Å². The Kier molecular flexibility index (Phi) is 6.56. The second-order valence-corrected chi connectivity index (χ2v) is 5.09. The number of nitrogens with zero attached hydrogens (tertiary/aromatic N) is 1. The predicted molar refractivity (Wildman–Crippen MR) is 69.7 cm³/mol. The fourth-order valence-corrected chi connectivity index (χ4v) is 2.47. The Morgan fingerprint density at radius 2 is 2.12 bits per heavy atom. The fourth-order valence-electron chi connectivity index (χ4n) is 2.47. The molecule has 0 saturated heterocycles. The van der Waals surface area contributed by atoms with Crippen LogP contribution < -0.4 is 0 Å². The van der Waals surface area contributed by atoms with Crippen LogP contribution in [0.3, 0.4) is 0 Å². The zero-order valence-electron chi connectivity index (χ0n) is 11.3. The predicted octanol–water partition coefficient (Wildman–Crippen LogP) is 2.58. The maximum absolute atomic E-state index is 12.4. The molecular formula is C14H27NO2. The molecule has 1 rings (SSSR count). The van der Waals surface area contributed by atoms with Crippen molar-refractivity contribution in [3.8, 4) is 0 Å². The SMILES string of the molecule is CCCCC(CC)C(=O)N(CCO)C1CCC1. The van der Waals surface area contributed by atoms with Crippen LogP contribution >= 0.6 is 0 Å². The van der Waals surface area contributed by atoms with Gasteiger partial charge in [0.2, 0.25) is 5.91 Å². The molecule has 1 aliphatic rings. The summed E-state index contributed by atoms with van der Waals surface area (Å²) in [7, 11) is 0. The van der Waals surface area contributed by atoms with Crippen molar-refractivity contribution in [2.24, 2.45) is 5.92 Å². The van der Waals surface area contributed by atoms with E-state index in [1.165, 1.54) is 6.42 Å². The summed E-state index contributed by atoms with van der Waals surface area (Å²) in [5.41, 5.74) is 0. The highest BCUT2D eigenvalue weighted by Crippen LogP contribution is 2.27. The molecule has 1 amide bonds. The van der Waals surface area contributed by atoms with Crippen LogP contribution in [-0.4, -0.2) is 35.1 Å². The smallest absolute Gasteiger partial charge is 0.225 e. The monoisotopic (exact) mass is 241 g/mol. The molecule has 1 fully saturated rings. The van der Waals surface area contributed by atoms with Gasteiger partial charge < -0.3 is 10.0 Å². The van der Waals surface area contributed by atoms with Gasteiger partial charge in [0.15, 0.2) is 0 Å². The molecule has 0 aromatic heterocycles. The van der Waals surface area contributed by atoms with E-state index in [0.29, 0.717) is 12.6 Å². The quantitative estimate of drug-likeness (QED) is 0.709. The van der Waals surface area contributed by atoms with E-state index < -0.39 is 0 Å². The molecule has 3 nitrogen and oxygen atoms in total. The normalized spacial score (nSPS) is 17.6. The van der Waals surface area contributed by atoms with Gasteiger partial charge in [0.25, 0.3) is 0 Å². The van der Waals surface area contributed by atoms with Gasteiger partial charge in [-0.15, -0.1) is 0 Å². The fraction of sp³-hybridized carbons (Fsp3) is 0.929. The summed E-state index contributed by atoms with van der Waals surface area (Å²) in [4.78, 5) is 14.4. The highest BCUT2D eigenvalue weighted by molar-refractivity contribution is 5.79. The average Bonchev–Trinajstić information content (AvgIpc) is 2.27. The van der Waals surface area contributed by atoms with E-state index in [9.17, 15) is 4.79 Å². The van der Waals surface area contributed by atoms with Crippen molar-refractivity contribution < 1.29 is 9.90 Å². The largest absolute Gasteiger partial charge is 0.395 e.